The van der Waals surface area contributed by atoms with Gasteiger partial charge < -0.3 is 15.4 Å². The van der Waals surface area contributed by atoms with Crippen LogP contribution in [0.2, 0.25) is 0 Å². The standard InChI is InChI=1S/C11H18N2O3S/c1-7(9(12)17)10(14)13-6-4-3-5-8(13)11(15)16-2/h7-8H,3-6H2,1-2H3,(H2,12,17). The highest BCUT2D eigenvalue weighted by atomic mass is 32.1. The summed E-state index contributed by atoms with van der Waals surface area (Å²) < 4.78 is 4.71. The van der Waals surface area contributed by atoms with Gasteiger partial charge in [-0.2, -0.15) is 0 Å². The van der Waals surface area contributed by atoms with E-state index in [0.29, 0.717) is 13.0 Å². The molecule has 0 spiro atoms. The first kappa shape index (κ1) is 13.9. The van der Waals surface area contributed by atoms with Crippen LogP contribution in [0.25, 0.3) is 0 Å². The lowest BCUT2D eigenvalue weighted by Crippen LogP contribution is -2.51. The minimum Gasteiger partial charge on any atom is -0.467 e. The maximum absolute atomic E-state index is 12.1. The first-order valence-corrected chi connectivity index (χ1v) is 6.07. The topological polar surface area (TPSA) is 72.6 Å². The molecule has 0 bridgehead atoms. The fourth-order valence-corrected chi connectivity index (χ4v) is 2.05. The second-order valence-electron chi connectivity index (χ2n) is 4.19. The zero-order valence-corrected chi connectivity index (χ0v) is 11.0. The molecule has 1 rings (SSSR count). The molecule has 0 aliphatic carbocycles. The van der Waals surface area contributed by atoms with Crippen molar-refractivity contribution in [3.8, 4) is 0 Å². The summed E-state index contributed by atoms with van der Waals surface area (Å²) >= 11 is 4.81. The van der Waals surface area contributed by atoms with Gasteiger partial charge in [0.2, 0.25) is 5.91 Å². The summed E-state index contributed by atoms with van der Waals surface area (Å²) in [5, 5.41) is 0. The number of thiocarbonyl (C=S) groups is 1. The molecule has 2 N–H and O–H groups in total. The largest absolute Gasteiger partial charge is 0.467 e. The van der Waals surface area contributed by atoms with Crippen LogP contribution in [0.3, 0.4) is 0 Å². The minimum absolute atomic E-state index is 0.157. The number of ether oxygens (including phenoxy) is 1. The molecule has 1 amide bonds. The lowest BCUT2D eigenvalue weighted by atomic mass is 9.99. The fraction of sp³-hybridized carbons (Fsp3) is 0.727. The van der Waals surface area contributed by atoms with E-state index in [2.05, 4.69) is 0 Å². The Balaban J connectivity index is 2.81. The Morgan fingerprint density at radius 1 is 1.47 bits per heavy atom. The summed E-state index contributed by atoms with van der Waals surface area (Å²) in [7, 11) is 1.33. The van der Waals surface area contributed by atoms with Gasteiger partial charge in [-0.3, -0.25) is 4.79 Å². The predicted molar refractivity (Wildman–Crippen MR) is 67.3 cm³/mol. The smallest absolute Gasteiger partial charge is 0.328 e. The molecular weight excluding hydrogens is 240 g/mol. The van der Waals surface area contributed by atoms with Crippen molar-refractivity contribution in [2.45, 2.75) is 32.2 Å². The molecule has 0 saturated carbocycles. The third-order valence-corrected chi connectivity index (χ3v) is 3.41. The number of hydrogen-bond acceptors (Lipinski definition) is 4. The summed E-state index contributed by atoms with van der Waals surface area (Å²) in [5.41, 5.74) is 5.47. The van der Waals surface area contributed by atoms with Gasteiger partial charge in [-0.1, -0.05) is 12.2 Å². The fourth-order valence-electron chi connectivity index (χ4n) is 1.95. The monoisotopic (exact) mass is 258 g/mol. The molecule has 2 atom stereocenters. The Bertz CT molecular complexity index is 333. The normalized spacial score (nSPS) is 21.8. The quantitative estimate of drug-likeness (QED) is 0.588. The van der Waals surface area contributed by atoms with Gasteiger partial charge in [-0.15, -0.1) is 0 Å². The molecular formula is C11H18N2O3S. The Morgan fingerprint density at radius 2 is 2.12 bits per heavy atom. The van der Waals surface area contributed by atoms with Crippen molar-refractivity contribution < 1.29 is 14.3 Å². The summed E-state index contributed by atoms with van der Waals surface area (Å²) in [6, 6.07) is -0.488. The molecule has 0 aromatic rings. The van der Waals surface area contributed by atoms with E-state index in [0.717, 1.165) is 12.8 Å². The number of esters is 1. The van der Waals surface area contributed by atoms with Gasteiger partial charge in [0.15, 0.2) is 0 Å². The Kier molecular flexibility index (Phi) is 4.86. The number of amides is 1. The second-order valence-corrected chi connectivity index (χ2v) is 4.66. The van der Waals surface area contributed by atoms with Gasteiger partial charge >= 0.3 is 5.97 Å². The maximum atomic E-state index is 12.1. The van der Waals surface area contributed by atoms with E-state index < -0.39 is 12.0 Å². The van der Waals surface area contributed by atoms with E-state index in [1.54, 1.807) is 11.8 Å². The first-order valence-electron chi connectivity index (χ1n) is 5.66. The number of nitrogens with two attached hydrogens (primary N) is 1. The zero-order valence-electron chi connectivity index (χ0n) is 10.1. The van der Waals surface area contributed by atoms with Gasteiger partial charge in [0.25, 0.3) is 0 Å². The molecule has 0 aromatic carbocycles. The van der Waals surface area contributed by atoms with Crippen molar-refractivity contribution in [1.82, 2.24) is 4.90 Å². The van der Waals surface area contributed by atoms with Crippen LogP contribution in [-0.4, -0.2) is 41.5 Å². The molecule has 1 saturated heterocycles. The Hall–Kier alpha value is -1.17. The van der Waals surface area contributed by atoms with Crippen LogP contribution in [0, 0.1) is 5.92 Å². The van der Waals surface area contributed by atoms with Gasteiger partial charge in [0, 0.05) is 6.54 Å². The molecule has 1 aliphatic heterocycles. The predicted octanol–water partition coefficient (Wildman–Crippen LogP) is 0.463. The molecule has 1 aliphatic rings. The second kappa shape index (κ2) is 5.95. The molecule has 17 heavy (non-hydrogen) atoms. The summed E-state index contributed by atoms with van der Waals surface area (Å²) in [5.74, 6) is -1.09. The van der Waals surface area contributed by atoms with Crippen LogP contribution in [0.15, 0.2) is 0 Å². The third kappa shape index (κ3) is 3.15. The molecule has 5 nitrogen and oxygen atoms in total. The number of likely N-dealkylation sites (tertiary alicyclic amines) is 1. The van der Waals surface area contributed by atoms with Gasteiger partial charge in [-0.05, 0) is 26.2 Å². The highest BCUT2D eigenvalue weighted by Crippen LogP contribution is 2.20. The molecule has 6 heteroatoms. The third-order valence-electron chi connectivity index (χ3n) is 3.06. The number of methoxy groups -OCH3 is 1. The average Bonchev–Trinajstić information content (AvgIpc) is 2.35. The molecule has 0 radical (unpaired) electrons. The highest BCUT2D eigenvalue weighted by molar-refractivity contribution is 7.80. The van der Waals surface area contributed by atoms with Crippen molar-refractivity contribution in [2.75, 3.05) is 13.7 Å². The van der Waals surface area contributed by atoms with Crippen LogP contribution in [0.1, 0.15) is 26.2 Å². The molecule has 0 aromatic heterocycles. The van der Waals surface area contributed by atoms with Crippen molar-refractivity contribution in [2.24, 2.45) is 11.7 Å². The lowest BCUT2D eigenvalue weighted by Gasteiger charge is -2.35. The Labute approximate surface area is 106 Å². The number of hydrogen-bond donors (Lipinski definition) is 1. The number of piperidine rings is 1. The van der Waals surface area contributed by atoms with Crippen molar-refractivity contribution in [1.29, 1.82) is 0 Å². The van der Waals surface area contributed by atoms with Gasteiger partial charge in [0.1, 0.15) is 6.04 Å². The number of carbonyl (C=O) groups is 2. The minimum atomic E-state index is -0.532. The number of rotatable bonds is 3. The summed E-state index contributed by atoms with van der Waals surface area (Å²) in [4.78, 5) is 25.4. The van der Waals surface area contributed by atoms with E-state index in [4.69, 9.17) is 22.7 Å². The highest BCUT2D eigenvalue weighted by Gasteiger charge is 2.35. The van der Waals surface area contributed by atoms with Crippen molar-refractivity contribution in [3.63, 3.8) is 0 Å². The van der Waals surface area contributed by atoms with Crippen LogP contribution < -0.4 is 5.73 Å². The van der Waals surface area contributed by atoms with Crippen LogP contribution >= 0.6 is 12.2 Å². The molecule has 96 valence electrons. The number of carbonyl (C=O) groups excluding carboxylic acids is 2. The van der Waals surface area contributed by atoms with E-state index in [1.807, 2.05) is 0 Å². The summed E-state index contributed by atoms with van der Waals surface area (Å²) in [6.07, 6.45) is 2.46. The first-order chi connectivity index (χ1) is 7.99. The lowest BCUT2D eigenvalue weighted by molar-refractivity contribution is -0.155. The SMILES string of the molecule is COC(=O)C1CCCCN1C(=O)C(C)C(N)=S. The number of nitrogens with zero attached hydrogens (tertiary/aromatic N) is 1. The van der Waals surface area contributed by atoms with Crippen LogP contribution in [0.5, 0.6) is 0 Å². The molecule has 1 heterocycles. The van der Waals surface area contributed by atoms with Crippen molar-refractivity contribution >= 4 is 29.1 Å². The molecule has 2 unspecified atom stereocenters. The van der Waals surface area contributed by atoms with Crippen LogP contribution in [0.4, 0.5) is 0 Å². The van der Waals surface area contributed by atoms with E-state index >= 15 is 0 Å². The van der Waals surface area contributed by atoms with Crippen LogP contribution in [-0.2, 0) is 14.3 Å². The maximum Gasteiger partial charge on any atom is 0.328 e. The van der Waals surface area contributed by atoms with Crippen molar-refractivity contribution in [3.05, 3.63) is 0 Å². The Morgan fingerprint density at radius 3 is 2.65 bits per heavy atom. The van der Waals surface area contributed by atoms with E-state index in [9.17, 15) is 9.59 Å². The van der Waals surface area contributed by atoms with Gasteiger partial charge in [0.05, 0.1) is 18.0 Å². The van der Waals surface area contributed by atoms with E-state index in [-0.39, 0.29) is 16.9 Å². The van der Waals surface area contributed by atoms with E-state index in [1.165, 1.54) is 7.11 Å². The zero-order chi connectivity index (χ0) is 13.0. The average molecular weight is 258 g/mol. The molecule has 1 fully saturated rings. The van der Waals surface area contributed by atoms with Gasteiger partial charge in [-0.25, -0.2) is 4.79 Å². The summed E-state index contributed by atoms with van der Waals surface area (Å²) in [6.45, 7) is 2.22.